The molecule has 0 aliphatic rings. The van der Waals surface area contributed by atoms with Crippen molar-refractivity contribution in [2.24, 2.45) is 0 Å². The van der Waals surface area contributed by atoms with Crippen molar-refractivity contribution in [2.45, 2.75) is 9.79 Å². The third kappa shape index (κ3) is 3.18. The van der Waals surface area contributed by atoms with Crippen molar-refractivity contribution in [3.05, 3.63) is 28.3 Å². The molecular formula is C9H6O3S4. The fourth-order valence-electron chi connectivity index (χ4n) is 0.892. The van der Waals surface area contributed by atoms with E-state index in [0.717, 1.165) is 9.79 Å². The van der Waals surface area contributed by atoms with Gasteiger partial charge in [0, 0.05) is 10.3 Å². The zero-order chi connectivity index (χ0) is 11.4. The van der Waals surface area contributed by atoms with Crippen LogP contribution in [0.25, 0.3) is 0 Å². The first-order chi connectivity index (χ1) is 7.75. The molecule has 0 saturated carbocycles. The van der Waals surface area contributed by atoms with E-state index in [0.29, 0.717) is 5.06 Å². The topological polar surface area (TPSA) is 46.5 Å². The predicted octanol–water partition coefficient (Wildman–Crippen LogP) is 4.67. The molecule has 0 fully saturated rings. The number of hydrogen-bond acceptors (Lipinski definition) is 6. The normalized spacial score (nSPS) is 10.2. The molecule has 0 aliphatic heterocycles. The summed E-state index contributed by atoms with van der Waals surface area (Å²) in [6.45, 7) is 0. The molecular weight excluding hydrogens is 284 g/mol. The molecule has 0 spiro atoms. The molecule has 0 amide bonds. The molecule has 3 nitrogen and oxygen atoms in total. The van der Waals surface area contributed by atoms with Gasteiger partial charge in [0.25, 0.3) is 0 Å². The molecule has 2 rings (SSSR count). The number of ether oxygens (including phenoxy) is 1. The zero-order valence-corrected chi connectivity index (χ0v) is 11.0. The fourth-order valence-corrected chi connectivity index (χ4v) is 4.98. The SMILES string of the molecule is O=C(O)Oc1sccc1SSc1ccsc1. The first-order valence-electron chi connectivity index (χ1n) is 4.10. The molecule has 2 aromatic rings. The van der Waals surface area contributed by atoms with Gasteiger partial charge in [-0.2, -0.15) is 11.3 Å². The van der Waals surface area contributed by atoms with Gasteiger partial charge in [0.05, 0.1) is 4.90 Å². The Labute approximate surface area is 108 Å². The summed E-state index contributed by atoms with van der Waals surface area (Å²) in [7, 11) is 3.09. The van der Waals surface area contributed by atoms with Crippen LogP contribution in [0.5, 0.6) is 5.06 Å². The van der Waals surface area contributed by atoms with Gasteiger partial charge in [-0.1, -0.05) is 10.8 Å². The number of carbonyl (C=O) groups is 1. The van der Waals surface area contributed by atoms with Crippen molar-refractivity contribution in [2.75, 3.05) is 0 Å². The molecule has 0 aromatic carbocycles. The van der Waals surface area contributed by atoms with Crippen LogP contribution in [0.3, 0.4) is 0 Å². The average Bonchev–Trinajstić information content (AvgIpc) is 2.84. The quantitative estimate of drug-likeness (QED) is 0.655. The van der Waals surface area contributed by atoms with Crippen molar-refractivity contribution in [1.82, 2.24) is 0 Å². The monoisotopic (exact) mass is 290 g/mol. The summed E-state index contributed by atoms with van der Waals surface area (Å²) in [5, 5.41) is 14.8. The summed E-state index contributed by atoms with van der Waals surface area (Å²) < 4.78 is 4.66. The highest BCUT2D eigenvalue weighted by Gasteiger charge is 2.10. The van der Waals surface area contributed by atoms with Gasteiger partial charge in [-0.15, -0.1) is 11.3 Å². The van der Waals surface area contributed by atoms with Crippen molar-refractivity contribution in [3.63, 3.8) is 0 Å². The summed E-state index contributed by atoms with van der Waals surface area (Å²) in [4.78, 5) is 12.4. The van der Waals surface area contributed by atoms with E-state index in [2.05, 4.69) is 4.74 Å². The maximum Gasteiger partial charge on any atom is 0.512 e. The van der Waals surface area contributed by atoms with Crippen LogP contribution in [0.15, 0.2) is 38.1 Å². The summed E-state index contributed by atoms with van der Waals surface area (Å²) in [5.74, 6) is 0. The van der Waals surface area contributed by atoms with Gasteiger partial charge in [-0.25, -0.2) is 4.79 Å². The van der Waals surface area contributed by atoms with Gasteiger partial charge in [-0.05, 0) is 33.7 Å². The van der Waals surface area contributed by atoms with Gasteiger partial charge in [-0.3, -0.25) is 0 Å². The van der Waals surface area contributed by atoms with Crippen molar-refractivity contribution in [1.29, 1.82) is 0 Å². The highest BCUT2D eigenvalue weighted by molar-refractivity contribution is 8.76. The van der Waals surface area contributed by atoms with E-state index in [1.54, 1.807) is 22.1 Å². The van der Waals surface area contributed by atoms with E-state index < -0.39 is 6.16 Å². The maximum absolute atomic E-state index is 10.4. The van der Waals surface area contributed by atoms with Crippen LogP contribution in [0, 0.1) is 0 Å². The molecule has 0 bridgehead atoms. The Morgan fingerprint density at radius 1 is 1.31 bits per heavy atom. The molecule has 84 valence electrons. The lowest BCUT2D eigenvalue weighted by molar-refractivity contribution is 0.145. The Hall–Kier alpha value is -0.630. The number of rotatable bonds is 4. The molecule has 7 heteroatoms. The maximum atomic E-state index is 10.4. The minimum absolute atomic E-state index is 0.431. The van der Waals surface area contributed by atoms with E-state index in [1.807, 2.05) is 28.3 Å². The van der Waals surface area contributed by atoms with E-state index in [-0.39, 0.29) is 0 Å². The lowest BCUT2D eigenvalue weighted by atomic mass is 10.6. The van der Waals surface area contributed by atoms with E-state index in [1.165, 1.54) is 22.1 Å². The second-order valence-electron chi connectivity index (χ2n) is 2.57. The van der Waals surface area contributed by atoms with Gasteiger partial charge in [0.1, 0.15) is 0 Å². The summed E-state index contributed by atoms with van der Waals surface area (Å²) in [6.07, 6.45) is -1.27. The number of hydrogen-bond donors (Lipinski definition) is 1. The average molecular weight is 290 g/mol. The van der Waals surface area contributed by atoms with Crippen molar-refractivity contribution in [3.8, 4) is 5.06 Å². The minimum Gasteiger partial charge on any atom is -0.449 e. The van der Waals surface area contributed by atoms with Gasteiger partial charge in [0.2, 0.25) is 5.06 Å². The fraction of sp³-hybridized carbons (Fsp3) is 0. The molecule has 1 N–H and O–H groups in total. The molecule has 2 aromatic heterocycles. The standard InChI is InChI=1S/C9H6O3S4/c10-9(11)12-8-7(2-4-14-8)16-15-6-1-3-13-5-6/h1-5H,(H,10,11). The smallest absolute Gasteiger partial charge is 0.449 e. The third-order valence-corrected chi connectivity index (χ3v) is 5.65. The number of carboxylic acid groups (broad SMARTS) is 1. The Balaban J connectivity index is 1.99. The Bertz CT molecular complexity index is 463. The summed E-state index contributed by atoms with van der Waals surface area (Å²) in [6, 6.07) is 3.87. The Morgan fingerprint density at radius 3 is 2.88 bits per heavy atom. The summed E-state index contributed by atoms with van der Waals surface area (Å²) >= 11 is 2.92. The second kappa shape index (κ2) is 5.62. The van der Waals surface area contributed by atoms with Crippen LogP contribution in [0.4, 0.5) is 4.79 Å². The lowest BCUT2D eigenvalue weighted by Crippen LogP contribution is -2.01. The summed E-state index contributed by atoms with van der Waals surface area (Å²) in [5.41, 5.74) is 0. The molecule has 16 heavy (non-hydrogen) atoms. The highest BCUT2D eigenvalue weighted by atomic mass is 33.1. The van der Waals surface area contributed by atoms with Crippen LogP contribution < -0.4 is 4.74 Å². The first-order valence-corrected chi connectivity index (χ1v) is 8.08. The van der Waals surface area contributed by atoms with Gasteiger partial charge in [0.15, 0.2) is 0 Å². The molecule has 0 saturated heterocycles. The molecule has 2 heterocycles. The van der Waals surface area contributed by atoms with Crippen molar-refractivity contribution >= 4 is 50.4 Å². The second-order valence-corrected chi connectivity index (χ2v) is 6.47. The zero-order valence-electron chi connectivity index (χ0n) is 7.78. The Morgan fingerprint density at radius 2 is 2.19 bits per heavy atom. The minimum atomic E-state index is -1.27. The highest BCUT2D eigenvalue weighted by Crippen LogP contribution is 2.44. The lowest BCUT2D eigenvalue weighted by Gasteiger charge is -2.00. The molecule has 0 atom stereocenters. The van der Waals surface area contributed by atoms with Gasteiger partial charge < -0.3 is 9.84 Å². The first kappa shape index (κ1) is 11.8. The predicted molar refractivity (Wildman–Crippen MR) is 69.0 cm³/mol. The van der Waals surface area contributed by atoms with E-state index >= 15 is 0 Å². The van der Waals surface area contributed by atoms with Crippen LogP contribution in [0.2, 0.25) is 0 Å². The third-order valence-electron chi connectivity index (χ3n) is 1.50. The van der Waals surface area contributed by atoms with E-state index in [9.17, 15) is 4.79 Å². The van der Waals surface area contributed by atoms with Crippen LogP contribution in [0.1, 0.15) is 0 Å². The van der Waals surface area contributed by atoms with Crippen LogP contribution in [-0.4, -0.2) is 11.3 Å². The van der Waals surface area contributed by atoms with Gasteiger partial charge >= 0.3 is 6.16 Å². The Kier molecular flexibility index (Phi) is 4.16. The largest absolute Gasteiger partial charge is 0.512 e. The number of thiophene rings is 2. The molecule has 0 unspecified atom stereocenters. The molecule has 0 aliphatic carbocycles. The van der Waals surface area contributed by atoms with Crippen molar-refractivity contribution < 1.29 is 14.6 Å². The van der Waals surface area contributed by atoms with E-state index in [4.69, 9.17) is 5.11 Å². The molecule has 0 radical (unpaired) electrons. The van der Waals surface area contributed by atoms with Crippen LogP contribution >= 0.6 is 44.3 Å². The van der Waals surface area contributed by atoms with Crippen LogP contribution in [-0.2, 0) is 0 Å².